The van der Waals surface area contributed by atoms with Gasteiger partial charge in [-0.3, -0.25) is 0 Å². The van der Waals surface area contributed by atoms with E-state index in [0.717, 1.165) is 11.6 Å². The van der Waals surface area contributed by atoms with Crippen LogP contribution in [0.3, 0.4) is 0 Å². The standard InChI is InChI=1S/C20H23F2NO3/c1-12(2)14-8-9-17(25-11-18(24)26-20(3,4)5)23-19(14)15-7-6-13(21)10-16(15)22/h6-10,12H,11H2,1-5H3. The van der Waals surface area contributed by atoms with E-state index in [9.17, 15) is 13.6 Å². The molecule has 1 heterocycles. The summed E-state index contributed by atoms with van der Waals surface area (Å²) in [5, 5.41) is 0. The maximum absolute atomic E-state index is 14.2. The fourth-order valence-corrected chi connectivity index (χ4v) is 2.40. The molecule has 2 aromatic rings. The largest absolute Gasteiger partial charge is 0.466 e. The number of pyridine rings is 1. The van der Waals surface area contributed by atoms with E-state index in [-0.39, 0.29) is 24.0 Å². The molecule has 0 aliphatic carbocycles. The van der Waals surface area contributed by atoms with Crippen LogP contribution in [-0.2, 0) is 9.53 Å². The van der Waals surface area contributed by atoms with Gasteiger partial charge in [0.15, 0.2) is 6.61 Å². The lowest BCUT2D eigenvalue weighted by Gasteiger charge is -2.19. The van der Waals surface area contributed by atoms with Crippen LogP contribution in [0.25, 0.3) is 11.3 Å². The van der Waals surface area contributed by atoms with Crippen LogP contribution in [0.15, 0.2) is 30.3 Å². The Morgan fingerprint density at radius 1 is 1.15 bits per heavy atom. The van der Waals surface area contributed by atoms with Gasteiger partial charge in [-0.1, -0.05) is 19.9 Å². The fourth-order valence-electron chi connectivity index (χ4n) is 2.40. The summed E-state index contributed by atoms with van der Waals surface area (Å²) in [7, 11) is 0. The lowest BCUT2D eigenvalue weighted by atomic mass is 9.97. The van der Waals surface area contributed by atoms with Crippen LogP contribution in [0, 0.1) is 11.6 Å². The first-order valence-electron chi connectivity index (χ1n) is 8.38. The lowest BCUT2D eigenvalue weighted by molar-refractivity contribution is -0.157. The summed E-state index contributed by atoms with van der Waals surface area (Å²) in [6.07, 6.45) is 0. The zero-order valence-electron chi connectivity index (χ0n) is 15.6. The molecule has 0 atom stereocenters. The van der Waals surface area contributed by atoms with Crippen molar-refractivity contribution in [1.82, 2.24) is 4.98 Å². The van der Waals surface area contributed by atoms with Crippen molar-refractivity contribution in [2.45, 2.75) is 46.1 Å². The quantitative estimate of drug-likeness (QED) is 0.711. The van der Waals surface area contributed by atoms with Crippen molar-refractivity contribution in [3.63, 3.8) is 0 Å². The van der Waals surface area contributed by atoms with Gasteiger partial charge in [-0.05, 0) is 44.4 Å². The van der Waals surface area contributed by atoms with Crippen LogP contribution in [0.1, 0.15) is 46.1 Å². The summed E-state index contributed by atoms with van der Waals surface area (Å²) in [5.74, 6) is -1.65. The number of aromatic nitrogens is 1. The molecule has 0 fully saturated rings. The maximum atomic E-state index is 14.2. The Kier molecular flexibility index (Phi) is 5.95. The summed E-state index contributed by atoms with van der Waals surface area (Å²) in [6.45, 7) is 8.87. The van der Waals surface area contributed by atoms with E-state index in [4.69, 9.17) is 9.47 Å². The molecule has 0 saturated carbocycles. The topological polar surface area (TPSA) is 48.4 Å². The van der Waals surface area contributed by atoms with Crippen molar-refractivity contribution in [1.29, 1.82) is 0 Å². The molecule has 140 valence electrons. The third kappa shape index (κ3) is 5.25. The first-order chi connectivity index (χ1) is 12.1. The predicted octanol–water partition coefficient (Wildman–Crippen LogP) is 4.87. The minimum Gasteiger partial charge on any atom is -0.466 e. The van der Waals surface area contributed by atoms with E-state index in [1.165, 1.54) is 12.1 Å². The molecule has 2 rings (SSSR count). The van der Waals surface area contributed by atoms with E-state index in [1.54, 1.807) is 32.9 Å². The summed E-state index contributed by atoms with van der Waals surface area (Å²) in [5.41, 5.74) is 0.717. The zero-order chi connectivity index (χ0) is 19.5. The minimum atomic E-state index is -0.705. The Balaban J connectivity index is 2.30. The number of nitrogens with zero attached hydrogens (tertiary/aromatic N) is 1. The second kappa shape index (κ2) is 7.81. The molecule has 1 aromatic carbocycles. The van der Waals surface area contributed by atoms with Crippen LogP contribution < -0.4 is 4.74 Å². The number of hydrogen-bond acceptors (Lipinski definition) is 4. The first-order valence-corrected chi connectivity index (χ1v) is 8.38. The number of ether oxygens (including phenoxy) is 2. The minimum absolute atomic E-state index is 0.0712. The van der Waals surface area contributed by atoms with Gasteiger partial charge in [-0.2, -0.15) is 0 Å². The van der Waals surface area contributed by atoms with Gasteiger partial charge in [-0.15, -0.1) is 0 Å². The smallest absolute Gasteiger partial charge is 0.344 e. The first kappa shape index (κ1) is 19.8. The zero-order valence-corrected chi connectivity index (χ0v) is 15.6. The third-order valence-electron chi connectivity index (χ3n) is 3.47. The second-order valence-corrected chi connectivity index (χ2v) is 7.24. The molecule has 6 heteroatoms. The molecule has 26 heavy (non-hydrogen) atoms. The SMILES string of the molecule is CC(C)c1ccc(OCC(=O)OC(C)(C)C)nc1-c1ccc(F)cc1F. The highest BCUT2D eigenvalue weighted by atomic mass is 19.1. The molecule has 0 radical (unpaired) electrons. The number of halogens is 2. The number of esters is 1. The highest BCUT2D eigenvalue weighted by Gasteiger charge is 2.19. The van der Waals surface area contributed by atoms with E-state index in [1.807, 2.05) is 13.8 Å². The predicted molar refractivity (Wildman–Crippen MR) is 95.0 cm³/mol. The second-order valence-electron chi connectivity index (χ2n) is 7.24. The Morgan fingerprint density at radius 2 is 1.85 bits per heavy atom. The van der Waals surface area contributed by atoms with Crippen LogP contribution in [0.4, 0.5) is 8.78 Å². The lowest BCUT2D eigenvalue weighted by Crippen LogP contribution is -2.27. The van der Waals surface area contributed by atoms with Gasteiger partial charge in [0.2, 0.25) is 5.88 Å². The fraction of sp³-hybridized carbons (Fsp3) is 0.400. The molecular weight excluding hydrogens is 340 g/mol. The number of hydrogen-bond donors (Lipinski definition) is 0. The monoisotopic (exact) mass is 363 g/mol. The van der Waals surface area contributed by atoms with Crippen molar-refractivity contribution in [3.05, 3.63) is 47.5 Å². The molecule has 0 aliphatic heterocycles. The van der Waals surface area contributed by atoms with Crippen LogP contribution in [0.5, 0.6) is 5.88 Å². The van der Waals surface area contributed by atoms with E-state index < -0.39 is 23.2 Å². The van der Waals surface area contributed by atoms with Crippen molar-refractivity contribution in [2.24, 2.45) is 0 Å². The average Bonchev–Trinajstić information content (AvgIpc) is 2.51. The Hall–Kier alpha value is -2.50. The summed E-state index contributed by atoms with van der Waals surface area (Å²) >= 11 is 0. The van der Waals surface area contributed by atoms with Gasteiger partial charge >= 0.3 is 5.97 Å². The van der Waals surface area contributed by atoms with Crippen LogP contribution in [-0.4, -0.2) is 23.2 Å². The van der Waals surface area contributed by atoms with Crippen molar-refractivity contribution in [3.8, 4) is 17.1 Å². The summed E-state index contributed by atoms with van der Waals surface area (Å²) < 4.78 is 38.0. The summed E-state index contributed by atoms with van der Waals surface area (Å²) in [4.78, 5) is 16.1. The van der Waals surface area contributed by atoms with E-state index in [0.29, 0.717) is 5.69 Å². The molecule has 1 aromatic heterocycles. The van der Waals surface area contributed by atoms with Crippen molar-refractivity contribution in [2.75, 3.05) is 6.61 Å². The molecule has 0 spiro atoms. The number of rotatable bonds is 5. The third-order valence-corrected chi connectivity index (χ3v) is 3.47. The van der Waals surface area contributed by atoms with Gasteiger partial charge in [0.05, 0.1) is 5.69 Å². The van der Waals surface area contributed by atoms with Gasteiger partial charge in [-0.25, -0.2) is 18.6 Å². The number of carbonyl (C=O) groups is 1. The van der Waals surface area contributed by atoms with E-state index in [2.05, 4.69) is 4.98 Å². The highest BCUT2D eigenvalue weighted by Crippen LogP contribution is 2.31. The highest BCUT2D eigenvalue weighted by molar-refractivity contribution is 5.71. The van der Waals surface area contributed by atoms with Crippen molar-refractivity contribution >= 4 is 5.97 Å². The van der Waals surface area contributed by atoms with E-state index >= 15 is 0 Å². The van der Waals surface area contributed by atoms with Crippen molar-refractivity contribution < 1.29 is 23.0 Å². The molecule has 0 unspecified atom stereocenters. The van der Waals surface area contributed by atoms with Gasteiger partial charge in [0.25, 0.3) is 0 Å². The Bertz CT molecular complexity index is 798. The van der Waals surface area contributed by atoms with Gasteiger partial charge in [0.1, 0.15) is 17.2 Å². The molecule has 0 N–H and O–H groups in total. The average molecular weight is 363 g/mol. The maximum Gasteiger partial charge on any atom is 0.344 e. The number of carbonyl (C=O) groups excluding carboxylic acids is 1. The van der Waals surface area contributed by atoms with Gasteiger partial charge in [0, 0.05) is 17.7 Å². The number of benzene rings is 1. The molecule has 0 bridgehead atoms. The Morgan fingerprint density at radius 3 is 2.42 bits per heavy atom. The molecular formula is C20H23F2NO3. The Labute approximate surface area is 152 Å². The van der Waals surface area contributed by atoms with Gasteiger partial charge < -0.3 is 9.47 Å². The summed E-state index contributed by atoms with van der Waals surface area (Å²) in [6, 6.07) is 6.72. The molecule has 0 amide bonds. The molecule has 0 aliphatic rings. The molecule has 4 nitrogen and oxygen atoms in total. The normalized spacial score (nSPS) is 11.5. The van der Waals surface area contributed by atoms with Crippen LogP contribution >= 0.6 is 0 Å². The molecule has 0 saturated heterocycles. The van der Waals surface area contributed by atoms with Crippen LogP contribution in [0.2, 0.25) is 0 Å².